The number of ether oxygens (including phenoxy) is 3. The second kappa shape index (κ2) is 34.7. The maximum absolute atomic E-state index is 12.6. The summed E-state index contributed by atoms with van der Waals surface area (Å²) >= 11 is 0. The highest BCUT2D eigenvalue weighted by Gasteiger charge is 2.19. The molecule has 0 aliphatic heterocycles. The van der Waals surface area contributed by atoms with E-state index in [2.05, 4.69) is 27.7 Å². The third-order valence-electron chi connectivity index (χ3n) is 8.79. The quantitative estimate of drug-likeness (QED) is 0.0385. The van der Waals surface area contributed by atoms with Crippen LogP contribution in [0.2, 0.25) is 0 Å². The fourth-order valence-corrected chi connectivity index (χ4v) is 5.74. The van der Waals surface area contributed by atoms with E-state index in [1.54, 1.807) is 0 Å². The van der Waals surface area contributed by atoms with E-state index in [0.717, 1.165) is 70.1 Å². The Bertz CT molecular complexity index is 691. The van der Waals surface area contributed by atoms with Gasteiger partial charge < -0.3 is 14.2 Å². The van der Waals surface area contributed by atoms with Crippen molar-refractivity contribution in [3.63, 3.8) is 0 Å². The molecule has 0 saturated carbocycles. The number of rotatable bonds is 35. The molecule has 0 aromatic carbocycles. The summed E-state index contributed by atoms with van der Waals surface area (Å²) < 4.78 is 16.5. The lowest BCUT2D eigenvalue weighted by atomic mass is 10.0. The van der Waals surface area contributed by atoms with Crippen LogP contribution in [-0.4, -0.2) is 37.2 Å². The molecule has 0 spiro atoms. The average Bonchev–Trinajstić information content (AvgIpc) is 3.03. The van der Waals surface area contributed by atoms with Gasteiger partial charge in [-0.15, -0.1) is 0 Å². The topological polar surface area (TPSA) is 78.9 Å². The van der Waals surface area contributed by atoms with Crippen LogP contribution in [0.15, 0.2) is 0 Å². The summed E-state index contributed by atoms with van der Waals surface area (Å²) in [6.07, 6.45) is 31.3. The molecule has 0 N–H and O–H groups in total. The van der Waals surface area contributed by atoms with E-state index in [-0.39, 0.29) is 31.1 Å². The Morgan fingerprint density at radius 1 is 0.413 bits per heavy atom. The minimum Gasteiger partial charge on any atom is -0.462 e. The first kappa shape index (κ1) is 44.4. The summed E-state index contributed by atoms with van der Waals surface area (Å²) in [7, 11) is 0. The SMILES string of the molecule is CCCCCCCCCCCCCCCCC(=O)O[C@H](COC(=O)CCCCCCC)COC(=O)CCCCCCCCC(C)C. The van der Waals surface area contributed by atoms with Gasteiger partial charge in [0.25, 0.3) is 0 Å². The predicted octanol–water partition coefficient (Wildman–Crippen LogP) is 12.0. The number of carbonyl (C=O) groups excluding carboxylic acids is 3. The first-order chi connectivity index (χ1) is 22.4. The van der Waals surface area contributed by atoms with E-state index in [4.69, 9.17) is 14.2 Å². The molecule has 0 aliphatic rings. The van der Waals surface area contributed by atoms with Crippen LogP contribution < -0.4 is 0 Å². The van der Waals surface area contributed by atoms with Crippen molar-refractivity contribution in [1.29, 1.82) is 0 Å². The van der Waals surface area contributed by atoms with E-state index in [1.165, 1.54) is 103 Å². The van der Waals surface area contributed by atoms with Gasteiger partial charge in [-0.2, -0.15) is 0 Å². The molecule has 0 heterocycles. The number of carbonyl (C=O) groups is 3. The molecular weight excluding hydrogens is 576 g/mol. The van der Waals surface area contributed by atoms with Crippen LogP contribution in [0.4, 0.5) is 0 Å². The second-order valence-electron chi connectivity index (χ2n) is 14.0. The van der Waals surface area contributed by atoms with Gasteiger partial charge in [-0.1, -0.05) is 175 Å². The molecule has 6 heteroatoms. The number of hydrogen-bond donors (Lipinski definition) is 0. The normalized spacial score (nSPS) is 11.9. The zero-order chi connectivity index (χ0) is 33.9. The van der Waals surface area contributed by atoms with Gasteiger partial charge >= 0.3 is 17.9 Å². The van der Waals surface area contributed by atoms with Crippen LogP contribution >= 0.6 is 0 Å². The highest BCUT2D eigenvalue weighted by atomic mass is 16.6. The Morgan fingerprint density at radius 2 is 0.717 bits per heavy atom. The fourth-order valence-electron chi connectivity index (χ4n) is 5.74. The van der Waals surface area contributed by atoms with Crippen LogP contribution in [0, 0.1) is 5.92 Å². The summed E-state index contributed by atoms with van der Waals surface area (Å²) in [6.45, 7) is 8.82. The number of hydrogen-bond acceptors (Lipinski definition) is 6. The molecule has 0 amide bonds. The molecule has 0 aliphatic carbocycles. The third-order valence-corrected chi connectivity index (χ3v) is 8.79. The summed E-state index contributed by atoms with van der Waals surface area (Å²) in [5.41, 5.74) is 0. The summed E-state index contributed by atoms with van der Waals surface area (Å²) in [6, 6.07) is 0. The minimum atomic E-state index is -0.756. The van der Waals surface area contributed by atoms with Crippen molar-refractivity contribution in [2.24, 2.45) is 5.92 Å². The van der Waals surface area contributed by atoms with Crippen molar-refractivity contribution in [3.8, 4) is 0 Å². The van der Waals surface area contributed by atoms with E-state index in [1.807, 2.05) is 0 Å². The Hall–Kier alpha value is -1.59. The van der Waals surface area contributed by atoms with Crippen molar-refractivity contribution in [2.45, 2.75) is 220 Å². The maximum atomic E-state index is 12.6. The Balaban J connectivity index is 4.24. The summed E-state index contributed by atoms with van der Waals surface area (Å²) in [5, 5.41) is 0. The average molecular weight is 653 g/mol. The highest BCUT2D eigenvalue weighted by Crippen LogP contribution is 2.15. The van der Waals surface area contributed by atoms with Crippen molar-refractivity contribution in [2.75, 3.05) is 13.2 Å². The van der Waals surface area contributed by atoms with Crippen molar-refractivity contribution >= 4 is 17.9 Å². The molecule has 0 bridgehead atoms. The van der Waals surface area contributed by atoms with Gasteiger partial charge in [0.2, 0.25) is 0 Å². The Labute approximate surface area is 285 Å². The molecule has 46 heavy (non-hydrogen) atoms. The molecule has 0 unspecified atom stereocenters. The molecule has 1 atom stereocenters. The molecule has 0 aromatic heterocycles. The Kier molecular flexibility index (Phi) is 33.5. The molecule has 0 saturated heterocycles. The first-order valence-corrected chi connectivity index (χ1v) is 19.9. The zero-order valence-electron chi connectivity index (χ0n) is 31.0. The van der Waals surface area contributed by atoms with Gasteiger partial charge in [-0.3, -0.25) is 14.4 Å². The molecule has 0 rings (SSSR count). The lowest BCUT2D eigenvalue weighted by molar-refractivity contribution is -0.167. The lowest BCUT2D eigenvalue weighted by Crippen LogP contribution is -2.30. The van der Waals surface area contributed by atoms with Crippen molar-refractivity contribution in [1.82, 2.24) is 0 Å². The second-order valence-corrected chi connectivity index (χ2v) is 14.0. The summed E-state index contributed by atoms with van der Waals surface area (Å²) in [5.74, 6) is -0.117. The maximum Gasteiger partial charge on any atom is 0.306 e. The molecule has 272 valence electrons. The molecule has 0 fully saturated rings. The number of esters is 3. The van der Waals surface area contributed by atoms with Gasteiger partial charge in [0.15, 0.2) is 6.10 Å². The van der Waals surface area contributed by atoms with Crippen LogP contribution in [0.1, 0.15) is 214 Å². The monoisotopic (exact) mass is 653 g/mol. The predicted molar refractivity (Wildman–Crippen MR) is 192 cm³/mol. The molecule has 0 radical (unpaired) electrons. The minimum absolute atomic E-state index is 0.0672. The van der Waals surface area contributed by atoms with Gasteiger partial charge in [0, 0.05) is 19.3 Å². The highest BCUT2D eigenvalue weighted by molar-refractivity contribution is 5.71. The Morgan fingerprint density at radius 3 is 1.07 bits per heavy atom. The fraction of sp³-hybridized carbons (Fsp3) is 0.925. The van der Waals surface area contributed by atoms with Gasteiger partial charge in [-0.25, -0.2) is 0 Å². The van der Waals surface area contributed by atoms with Gasteiger partial charge in [-0.05, 0) is 25.2 Å². The largest absolute Gasteiger partial charge is 0.462 e. The van der Waals surface area contributed by atoms with Crippen LogP contribution in [-0.2, 0) is 28.6 Å². The molecular formula is C40H76O6. The van der Waals surface area contributed by atoms with Gasteiger partial charge in [0.05, 0.1) is 0 Å². The molecule has 6 nitrogen and oxygen atoms in total. The zero-order valence-corrected chi connectivity index (χ0v) is 31.0. The number of unbranched alkanes of at least 4 members (excludes halogenated alkanes) is 22. The van der Waals surface area contributed by atoms with E-state index in [9.17, 15) is 14.4 Å². The first-order valence-electron chi connectivity index (χ1n) is 19.9. The van der Waals surface area contributed by atoms with Crippen molar-refractivity contribution in [3.05, 3.63) is 0 Å². The van der Waals surface area contributed by atoms with Crippen molar-refractivity contribution < 1.29 is 28.6 Å². The lowest BCUT2D eigenvalue weighted by Gasteiger charge is -2.18. The molecule has 0 aromatic rings. The van der Waals surface area contributed by atoms with E-state index < -0.39 is 6.10 Å². The summed E-state index contributed by atoms with van der Waals surface area (Å²) in [4.78, 5) is 37.2. The van der Waals surface area contributed by atoms with Crippen LogP contribution in [0.25, 0.3) is 0 Å². The standard InChI is InChI=1S/C40H76O6/c1-5-7-9-11-12-13-14-15-16-17-18-19-25-29-33-40(43)46-37(34-44-38(41)31-27-22-10-8-6-2)35-45-39(42)32-28-24-21-20-23-26-30-36(3)4/h36-37H,5-35H2,1-4H3/t37-/m1/s1. The smallest absolute Gasteiger partial charge is 0.306 e. The third kappa shape index (κ3) is 33.8. The van der Waals surface area contributed by atoms with E-state index in [0.29, 0.717) is 19.3 Å². The van der Waals surface area contributed by atoms with Gasteiger partial charge in [0.1, 0.15) is 13.2 Å². The van der Waals surface area contributed by atoms with Crippen LogP contribution in [0.3, 0.4) is 0 Å². The van der Waals surface area contributed by atoms with Crippen LogP contribution in [0.5, 0.6) is 0 Å². The van der Waals surface area contributed by atoms with E-state index >= 15 is 0 Å².